The minimum Gasteiger partial charge on any atom is -0.464 e. The summed E-state index contributed by atoms with van der Waals surface area (Å²) in [6.45, 7) is 2.57. The number of fused-ring (bicyclic) bond motifs is 2. The first kappa shape index (κ1) is 16.6. The van der Waals surface area contributed by atoms with Gasteiger partial charge >= 0.3 is 0 Å². The van der Waals surface area contributed by atoms with E-state index in [2.05, 4.69) is 10.8 Å². The van der Waals surface area contributed by atoms with Crippen molar-refractivity contribution in [1.82, 2.24) is 4.90 Å². The van der Waals surface area contributed by atoms with Crippen LogP contribution in [0.5, 0.6) is 0 Å². The smallest absolute Gasteiger partial charge is 0.192 e. The monoisotopic (exact) mass is 345 g/mol. The topological polar surface area (TPSA) is 50.5 Å². The van der Waals surface area contributed by atoms with Gasteiger partial charge in [-0.05, 0) is 41.9 Å². The van der Waals surface area contributed by atoms with Crippen LogP contribution < -0.4 is 5.43 Å². The lowest BCUT2D eigenvalue weighted by atomic mass is 10.0. The minimum absolute atomic E-state index is 0.0815. The van der Waals surface area contributed by atoms with E-state index in [1.54, 1.807) is 6.07 Å². The zero-order valence-corrected chi connectivity index (χ0v) is 14.4. The van der Waals surface area contributed by atoms with Crippen molar-refractivity contribution in [3.63, 3.8) is 0 Å². The molecule has 1 saturated heterocycles. The predicted octanol–water partition coefficient (Wildman–Crippen LogP) is 3.47. The Balaban J connectivity index is 1.55. The summed E-state index contributed by atoms with van der Waals surface area (Å²) >= 11 is 0. The van der Waals surface area contributed by atoms with Crippen LogP contribution in [0.1, 0.15) is 23.2 Å². The molecule has 3 aromatic rings. The van der Waals surface area contributed by atoms with Crippen molar-refractivity contribution >= 4 is 27.5 Å². The van der Waals surface area contributed by atoms with Crippen LogP contribution >= 0.6 is 0 Å². The first-order valence-electron chi connectivity index (χ1n) is 8.81. The molecule has 26 heavy (non-hydrogen) atoms. The van der Waals surface area contributed by atoms with Gasteiger partial charge in [0.25, 0.3) is 0 Å². The Labute approximate surface area is 151 Å². The molecule has 2 aromatic carbocycles. The van der Waals surface area contributed by atoms with Gasteiger partial charge in [-0.1, -0.05) is 12.1 Å². The molecule has 0 bridgehead atoms. The van der Waals surface area contributed by atoms with Crippen molar-refractivity contribution in [2.75, 3.05) is 19.6 Å². The second-order valence-corrected chi connectivity index (χ2v) is 6.82. The molecule has 2 heterocycles. The molecule has 0 radical (unpaired) electrons. The Hall–Kier alpha value is -2.90. The Morgan fingerprint density at radius 1 is 1.23 bits per heavy atom. The third kappa shape index (κ3) is 3.14. The van der Waals surface area contributed by atoms with Crippen molar-refractivity contribution in [1.29, 1.82) is 0 Å². The summed E-state index contributed by atoms with van der Waals surface area (Å²) < 4.78 is 5.41. The van der Waals surface area contributed by atoms with E-state index >= 15 is 0 Å². The highest BCUT2D eigenvalue weighted by Crippen LogP contribution is 2.23. The fourth-order valence-electron chi connectivity index (χ4n) is 3.58. The van der Waals surface area contributed by atoms with Gasteiger partial charge in [0.1, 0.15) is 5.58 Å². The van der Waals surface area contributed by atoms with E-state index in [-0.39, 0.29) is 11.2 Å². The van der Waals surface area contributed by atoms with E-state index in [0.717, 1.165) is 36.8 Å². The maximum Gasteiger partial charge on any atom is 0.192 e. The minimum atomic E-state index is -0.0815. The number of terminal acetylenes is 1. The lowest BCUT2D eigenvalue weighted by molar-refractivity contribution is 0.0968. The van der Waals surface area contributed by atoms with E-state index < -0.39 is 0 Å². The Morgan fingerprint density at radius 2 is 2.12 bits per heavy atom. The molecule has 0 spiro atoms. The lowest BCUT2D eigenvalue weighted by Gasteiger charge is -2.14. The molecule has 1 fully saturated rings. The van der Waals surface area contributed by atoms with Gasteiger partial charge in [0.05, 0.1) is 11.6 Å². The van der Waals surface area contributed by atoms with Crippen molar-refractivity contribution < 1.29 is 9.21 Å². The van der Waals surface area contributed by atoms with Crippen LogP contribution in [0.25, 0.3) is 21.7 Å². The average Bonchev–Trinajstić information content (AvgIpc) is 3.13. The van der Waals surface area contributed by atoms with Gasteiger partial charge in [0, 0.05) is 37.1 Å². The summed E-state index contributed by atoms with van der Waals surface area (Å²) in [4.78, 5) is 26.8. The van der Waals surface area contributed by atoms with E-state index in [1.165, 1.54) is 12.3 Å². The molecule has 4 rings (SSSR count). The van der Waals surface area contributed by atoms with Gasteiger partial charge in [-0.2, -0.15) is 0 Å². The summed E-state index contributed by atoms with van der Waals surface area (Å²) in [5.41, 5.74) is 1.15. The number of benzene rings is 2. The first-order chi connectivity index (χ1) is 12.6. The predicted molar refractivity (Wildman–Crippen MR) is 102 cm³/mol. The fourth-order valence-corrected chi connectivity index (χ4v) is 3.58. The number of hydrogen-bond donors (Lipinski definition) is 0. The maximum absolute atomic E-state index is 12.6. The summed E-state index contributed by atoms with van der Waals surface area (Å²) in [6.07, 6.45) is 8.35. The van der Waals surface area contributed by atoms with Crippen molar-refractivity contribution in [3.8, 4) is 12.3 Å². The van der Waals surface area contributed by atoms with Gasteiger partial charge in [0.2, 0.25) is 0 Å². The summed E-state index contributed by atoms with van der Waals surface area (Å²) in [6, 6.07) is 10.6. The molecule has 0 N–H and O–H groups in total. The highest BCUT2D eigenvalue weighted by molar-refractivity contribution is 6.02. The maximum atomic E-state index is 12.6. The van der Waals surface area contributed by atoms with E-state index in [9.17, 15) is 9.59 Å². The van der Waals surface area contributed by atoms with Gasteiger partial charge < -0.3 is 9.32 Å². The molecule has 130 valence electrons. The average molecular weight is 345 g/mol. The van der Waals surface area contributed by atoms with Crippen LogP contribution in [0.3, 0.4) is 0 Å². The molecular formula is C22H19NO3. The third-order valence-electron chi connectivity index (χ3n) is 5.10. The van der Waals surface area contributed by atoms with Crippen LogP contribution in [0.4, 0.5) is 0 Å². The van der Waals surface area contributed by atoms with Crippen molar-refractivity contribution in [2.24, 2.45) is 5.92 Å². The Kier molecular flexibility index (Phi) is 4.32. The summed E-state index contributed by atoms with van der Waals surface area (Å²) in [5, 5.41) is 2.34. The molecule has 4 nitrogen and oxygen atoms in total. The second kappa shape index (κ2) is 6.78. The number of hydrogen-bond acceptors (Lipinski definition) is 4. The lowest BCUT2D eigenvalue weighted by Crippen LogP contribution is -2.23. The Bertz CT molecular complexity index is 1090. The van der Waals surface area contributed by atoms with Gasteiger partial charge in [-0.3, -0.25) is 9.59 Å². The van der Waals surface area contributed by atoms with Crippen LogP contribution in [-0.2, 0) is 0 Å². The van der Waals surface area contributed by atoms with E-state index in [0.29, 0.717) is 28.9 Å². The second-order valence-electron chi connectivity index (χ2n) is 6.82. The largest absolute Gasteiger partial charge is 0.464 e. The quantitative estimate of drug-likeness (QED) is 0.413. The number of likely N-dealkylation sites (tertiary alicyclic amines) is 1. The molecular weight excluding hydrogens is 326 g/mol. The number of ketones is 1. The molecule has 4 heteroatoms. The highest BCUT2D eigenvalue weighted by Gasteiger charge is 2.21. The molecule has 1 aliphatic heterocycles. The van der Waals surface area contributed by atoms with Crippen molar-refractivity contribution in [2.45, 2.75) is 12.8 Å². The van der Waals surface area contributed by atoms with Crippen LogP contribution in [0.15, 0.2) is 51.9 Å². The van der Waals surface area contributed by atoms with E-state index in [1.807, 2.05) is 24.3 Å². The van der Waals surface area contributed by atoms with Crippen LogP contribution in [0.2, 0.25) is 0 Å². The summed E-state index contributed by atoms with van der Waals surface area (Å²) in [5.74, 6) is 3.21. The first-order valence-corrected chi connectivity index (χ1v) is 8.81. The molecule has 1 aromatic heterocycles. The normalized spacial score (nSPS) is 17.6. The molecule has 1 atom stereocenters. The number of carbonyl (C=O) groups is 1. The van der Waals surface area contributed by atoms with Gasteiger partial charge in [0.15, 0.2) is 11.2 Å². The summed E-state index contributed by atoms with van der Waals surface area (Å²) in [7, 11) is 0. The zero-order valence-electron chi connectivity index (χ0n) is 14.4. The number of nitrogens with zero attached hydrogens (tertiary/aromatic N) is 1. The fraction of sp³-hybridized carbons (Fsp3) is 0.273. The molecule has 1 aliphatic rings. The van der Waals surface area contributed by atoms with Gasteiger partial charge in [-0.25, -0.2) is 0 Å². The highest BCUT2D eigenvalue weighted by atomic mass is 16.3. The number of carbonyl (C=O) groups excluding carboxylic acids is 1. The SMILES string of the molecule is C#CC1CCN(CCC(=O)c2ccc3cc4occc(=O)c4cc3c2)C1. The van der Waals surface area contributed by atoms with Crippen LogP contribution in [-0.4, -0.2) is 30.3 Å². The van der Waals surface area contributed by atoms with E-state index in [4.69, 9.17) is 10.8 Å². The molecule has 0 saturated carbocycles. The molecule has 0 aliphatic carbocycles. The Morgan fingerprint density at radius 3 is 2.92 bits per heavy atom. The number of Topliss-reactive ketones (excluding diaryl/α,β-unsaturated/α-hetero) is 1. The standard InChI is InChI=1S/C22H19NO3/c1-2-15-5-8-23(14-15)9-6-20(24)17-4-3-16-13-22-19(12-18(16)11-17)21(25)7-10-26-22/h1,3-4,7,10-13,15H,5-6,8-9,14H2. The molecule has 0 amide bonds. The third-order valence-corrected chi connectivity index (χ3v) is 5.10. The van der Waals surface area contributed by atoms with Crippen molar-refractivity contribution in [3.05, 3.63) is 58.4 Å². The molecule has 1 unspecified atom stereocenters. The number of rotatable bonds is 4. The van der Waals surface area contributed by atoms with Gasteiger partial charge in [-0.15, -0.1) is 12.3 Å². The zero-order chi connectivity index (χ0) is 18.1. The van der Waals surface area contributed by atoms with Crippen LogP contribution in [0, 0.1) is 18.3 Å².